The average molecular weight is 458 g/mol. The van der Waals surface area contributed by atoms with E-state index >= 15 is 0 Å². The fraction of sp³-hybridized carbons (Fsp3) is 0.778. The van der Waals surface area contributed by atoms with Gasteiger partial charge in [-0.05, 0) is 99.3 Å². The summed E-state index contributed by atoms with van der Waals surface area (Å²) < 4.78 is 0. The Hall–Kier alpha value is -1.18. The van der Waals surface area contributed by atoms with Crippen molar-refractivity contribution >= 4 is 0 Å². The predicted molar refractivity (Wildman–Crippen MR) is 123 cm³/mol. The molecule has 6 heteroatoms. The van der Waals surface area contributed by atoms with Crippen LogP contribution >= 0.6 is 0 Å². The fourth-order valence-corrected chi connectivity index (χ4v) is 8.71. The summed E-state index contributed by atoms with van der Waals surface area (Å²) >= 11 is 0. The lowest BCUT2D eigenvalue weighted by molar-refractivity contribution is -0.629. The molecule has 1 saturated heterocycles. The summed E-state index contributed by atoms with van der Waals surface area (Å²) in [5.74, 6) is 3.00. The molecule has 6 fully saturated rings. The number of nitrogens with zero attached hydrogens (tertiary/aromatic N) is 1. The molecule has 0 radical (unpaired) electrons. The third kappa shape index (κ3) is 3.48. The van der Waals surface area contributed by atoms with Gasteiger partial charge in [-0.15, -0.1) is 0 Å². The summed E-state index contributed by atoms with van der Waals surface area (Å²) in [7, 11) is 0. The summed E-state index contributed by atoms with van der Waals surface area (Å²) in [5, 5.41) is 10.6. The molecule has 1 N–H and O–H groups in total. The molecular formula is C27H39NO5. The van der Waals surface area contributed by atoms with E-state index < -0.39 is 5.79 Å². The van der Waals surface area contributed by atoms with Gasteiger partial charge < -0.3 is 5.11 Å². The number of rotatable bonds is 5. The van der Waals surface area contributed by atoms with Gasteiger partial charge in [0.1, 0.15) is 5.75 Å². The van der Waals surface area contributed by atoms with E-state index in [0.717, 1.165) is 56.3 Å². The molecule has 1 aromatic carbocycles. The van der Waals surface area contributed by atoms with Crippen molar-refractivity contribution in [2.75, 3.05) is 19.9 Å². The van der Waals surface area contributed by atoms with Gasteiger partial charge in [-0.1, -0.05) is 26.0 Å². The Morgan fingerprint density at radius 3 is 2.27 bits per heavy atom. The highest BCUT2D eigenvalue weighted by Gasteiger charge is 2.71. The molecule has 33 heavy (non-hydrogen) atoms. The zero-order chi connectivity index (χ0) is 22.6. The van der Waals surface area contributed by atoms with E-state index in [4.69, 9.17) is 19.6 Å². The van der Waals surface area contributed by atoms with Crippen molar-refractivity contribution < 1.29 is 24.7 Å². The summed E-state index contributed by atoms with van der Waals surface area (Å²) in [4.78, 5) is 25.5. The third-order valence-corrected chi connectivity index (χ3v) is 10.1. The van der Waals surface area contributed by atoms with Gasteiger partial charge in [0.05, 0.1) is 0 Å². The van der Waals surface area contributed by atoms with E-state index in [1.165, 1.54) is 37.7 Å². The Labute approximate surface area is 197 Å². The minimum Gasteiger partial charge on any atom is -0.508 e. The first kappa shape index (κ1) is 22.3. The third-order valence-electron chi connectivity index (χ3n) is 10.1. The van der Waals surface area contributed by atoms with Crippen LogP contribution < -0.4 is 0 Å². The Kier molecular flexibility index (Phi) is 5.73. The molecule has 1 atom stereocenters. The molecule has 1 aromatic rings. The van der Waals surface area contributed by atoms with Crippen LogP contribution in [0.1, 0.15) is 82.3 Å². The number of phenolic OH excluding ortho intramolecular Hbond substituents is 1. The van der Waals surface area contributed by atoms with Crippen LogP contribution in [-0.4, -0.2) is 35.7 Å². The van der Waals surface area contributed by atoms with Crippen LogP contribution in [0.4, 0.5) is 0 Å². The second-order valence-electron chi connectivity index (χ2n) is 11.4. The molecule has 182 valence electrons. The minimum absolute atomic E-state index is 0.0362. The summed E-state index contributed by atoms with van der Waals surface area (Å²) in [6, 6.07) is 6.31. The molecule has 5 saturated carbocycles. The van der Waals surface area contributed by atoms with E-state index in [1.807, 2.05) is 6.07 Å². The van der Waals surface area contributed by atoms with Crippen LogP contribution in [0.5, 0.6) is 5.75 Å². The fourth-order valence-electron chi connectivity index (χ4n) is 8.71. The van der Waals surface area contributed by atoms with Crippen LogP contribution in [0.2, 0.25) is 0 Å². The Morgan fingerprint density at radius 1 is 0.970 bits per heavy atom. The molecule has 4 bridgehead atoms. The van der Waals surface area contributed by atoms with Crippen molar-refractivity contribution in [3.05, 3.63) is 29.3 Å². The number of hydrogen-bond donors (Lipinski definition) is 1. The molecule has 2 spiro atoms. The lowest BCUT2D eigenvalue weighted by atomic mass is 9.40. The van der Waals surface area contributed by atoms with Gasteiger partial charge in [0.2, 0.25) is 12.6 Å². The first-order chi connectivity index (χ1) is 16.1. The predicted octanol–water partition coefficient (Wildman–Crippen LogP) is 5.51. The lowest BCUT2D eigenvalue weighted by Gasteiger charge is -2.68. The number of hydrogen-bond acceptors (Lipinski definition) is 6. The van der Waals surface area contributed by atoms with E-state index in [2.05, 4.69) is 30.9 Å². The summed E-state index contributed by atoms with van der Waals surface area (Å²) in [5.41, 5.74) is 2.31. The largest absolute Gasteiger partial charge is 0.508 e. The molecule has 1 unspecified atom stereocenters. The van der Waals surface area contributed by atoms with Crippen molar-refractivity contribution in [2.45, 2.75) is 83.5 Å². The summed E-state index contributed by atoms with van der Waals surface area (Å²) in [6.07, 6.45) is 9.37. The van der Waals surface area contributed by atoms with Gasteiger partial charge in [-0.2, -0.15) is 9.78 Å². The van der Waals surface area contributed by atoms with Gasteiger partial charge in [-0.3, -0.25) is 4.90 Å². The standard InChI is InChI=1S/C27H39NO5/c1-3-28(4-2)16-22-14-20(5-6-25(22)29)21-7-8-27(32-30-17-31-33-27)26(15-21)23-10-18-9-19(12-23)13-24(26)11-18/h5-6,14,18-19,21,23-24,29H,3-4,7-13,15-17H2,1-2H3. The Morgan fingerprint density at radius 2 is 1.64 bits per heavy atom. The highest BCUT2D eigenvalue weighted by molar-refractivity contribution is 5.38. The normalized spacial score (nSPS) is 39.1. The van der Waals surface area contributed by atoms with Crippen LogP contribution in [0.25, 0.3) is 0 Å². The zero-order valence-electron chi connectivity index (χ0n) is 20.1. The van der Waals surface area contributed by atoms with Crippen molar-refractivity contribution in [2.24, 2.45) is 29.1 Å². The quantitative estimate of drug-likeness (QED) is 0.589. The molecule has 1 heterocycles. The van der Waals surface area contributed by atoms with Gasteiger partial charge in [0, 0.05) is 23.9 Å². The second-order valence-corrected chi connectivity index (χ2v) is 11.4. The first-order valence-electron chi connectivity index (χ1n) is 13.2. The van der Waals surface area contributed by atoms with Gasteiger partial charge >= 0.3 is 0 Å². The molecular weight excluding hydrogens is 418 g/mol. The molecule has 1 aliphatic heterocycles. The van der Waals surface area contributed by atoms with Crippen LogP contribution in [0.3, 0.4) is 0 Å². The second kappa shape index (κ2) is 8.49. The number of aromatic hydroxyl groups is 1. The molecule has 7 rings (SSSR count). The van der Waals surface area contributed by atoms with E-state index in [0.29, 0.717) is 23.5 Å². The average Bonchev–Trinajstić information content (AvgIpc) is 2.83. The maximum absolute atomic E-state index is 10.6. The number of phenols is 1. The van der Waals surface area contributed by atoms with E-state index in [9.17, 15) is 5.11 Å². The molecule has 5 aliphatic carbocycles. The van der Waals surface area contributed by atoms with E-state index in [-0.39, 0.29) is 12.2 Å². The van der Waals surface area contributed by atoms with Gasteiger partial charge in [-0.25, -0.2) is 9.78 Å². The topological polar surface area (TPSA) is 60.4 Å². The maximum atomic E-state index is 10.6. The zero-order valence-corrected chi connectivity index (χ0v) is 20.1. The van der Waals surface area contributed by atoms with Crippen LogP contribution in [-0.2, 0) is 26.1 Å². The van der Waals surface area contributed by atoms with Crippen molar-refractivity contribution in [3.63, 3.8) is 0 Å². The maximum Gasteiger partial charge on any atom is 0.240 e. The molecule has 6 aliphatic rings. The smallest absolute Gasteiger partial charge is 0.240 e. The van der Waals surface area contributed by atoms with E-state index in [1.54, 1.807) is 0 Å². The minimum atomic E-state index is -0.786. The first-order valence-corrected chi connectivity index (χ1v) is 13.2. The number of benzene rings is 1. The van der Waals surface area contributed by atoms with Crippen molar-refractivity contribution in [1.29, 1.82) is 0 Å². The SMILES string of the molecule is CCN(CC)Cc1cc(C2CCC3(OOCOO3)C3(C2)C2CC4CC(C2)CC3C4)ccc1O. The lowest BCUT2D eigenvalue weighted by Crippen LogP contribution is -2.68. The Bertz CT molecular complexity index is 834. The van der Waals surface area contributed by atoms with Gasteiger partial charge in [0.15, 0.2) is 0 Å². The monoisotopic (exact) mass is 457 g/mol. The molecule has 0 amide bonds. The van der Waals surface area contributed by atoms with Crippen LogP contribution in [0, 0.1) is 29.1 Å². The highest BCUT2D eigenvalue weighted by Crippen LogP contribution is 2.71. The van der Waals surface area contributed by atoms with Gasteiger partial charge in [0.25, 0.3) is 0 Å². The summed E-state index contributed by atoms with van der Waals surface area (Å²) in [6.45, 7) is 7.14. The Balaban J connectivity index is 1.34. The van der Waals surface area contributed by atoms with Crippen molar-refractivity contribution in [1.82, 2.24) is 4.90 Å². The molecule has 0 aromatic heterocycles. The highest BCUT2D eigenvalue weighted by atomic mass is 17.4. The molecule has 6 nitrogen and oxygen atoms in total. The van der Waals surface area contributed by atoms with Crippen LogP contribution in [0.15, 0.2) is 18.2 Å². The van der Waals surface area contributed by atoms with Crippen molar-refractivity contribution in [3.8, 4) is 5.75 Å².